The van der Waals surface area contributed by atoms with Gasteiger partial charge in [0.15, 0.2) is 5.78 Å². The molecule has 3 fully saturated rings. The number of nitrogens with zero attached hydrogens (tertiary/aromatic N) is 3. The van der Waals surface area contributed by atoms with Crippen LogP contribution < -0.4 is 5.32 Å². The second kappa shape index (κ2) is 16.5. The first-order valence-corrected chi connectivity index (χ1v) is 18.9. The summed E-state index contributed by atoms with van der Waals surface area (Å²) >= 11 is 6.58. The summed E-state index contributed by atoms with van der Waals surface area (Å²) in [5, 5.41) is 3.64. The van der Waals surface area contributed by atoms with Crippen molar-refractivity contribution in [2.45, 2.75) is 96.3 Å². The number of amides is 1. The Labute approximate surface area is 304 Å². The summed E-state index contributed by atoms with van der Waals surface area (Å²) in [6.45, 7) is 6.97. The highest BCUT2D eigenvalue weighted by molar-refractivity contribution is 6.34. The molecule has 1 aromatic heterocycles. The Bertz CT molecular complexity index is 1710. The van der Waals surface area contributed by atoms with Crippen LogP contribution in [0.2, 0.25) is 5.02 Å². The van der Waals surface area contributed by atoms with Crippen LogP contribution in [0.1, 0.15) is 87.6 Å². The lowest BCUT2D eigenvalue weighted by atomic mass is 9.87. The van der Waals surface area contributed by atoms with Crippen molar-refractivity contribution in [2.75, 3.05) is 38.1 Å². The predicted octanol–water partition coefficient (Wildman–Crippen LogP) is 7.07. The van der Waals surface area contributed by atoms with Gasteiger partial charge in [0.2, 0.25) is 0 Å². The number of aryl methyl sites for hydroxylation is 1. The Hall–Kier alpha value is -3.35. The smallest absolute Gasteiger partial charge is 0.308 e. The molecular formula is C39H50ClFN4O6. The predicted molar refractivity (Wildman–Crippen MR) is 194 cm³/mol. The van der Waals surface area contributed by atoms with E-state index in [1.54, 1.807) is 13.1 Å². The van der Waals surface area contributed by atoms with Crippen LogP contribution in [0.25, 0.3) is 10.9 Å². The molecule has 3 aliphatic rings. The zero-order chi connectivity index (χ0) is 36.1. The van der Waals surface area contributed by atoms with Gasteiger partial charge in [-0.15, -0.1) is 0 Å². The number of likely N-dealkylation sites (tertiary alicyclic amines) is 2. The van der Waals surface area contributed by atoms with Crippen LogP contribution in [0, 0.1) is 11.7 Å². The van der Waals surface area contributed by atoms with Gasteiger partial charge >= 0.3 is 5.97 Å². The number of anilines is 1. The highest BCUT2D eigenvalue weighted by atomic mass is 35.5. The molecule has 2 atom stereocenters. The van der Waals surface area contributed by atoms with Crippen molar-refractivity contribution in [2.24, 2.45) is 13.0 Å². The third-order valence-corrected chi connectivity index (χ3v) is 10.9. The van der Waals surface area contributed by atoms with Crippen molar-refractivity contribution in [3.63, 3.8) is 0 Å². The molecule has 2 saturated heterocycles. The lowest BCUT2D eigenvalue weighted by molar-refractivity contribution is -0.411. The molecule has 0 spiro atoms. The molecular weight excluding hydrogens is 675 g/mol. The Morgan fingerprint density at radius 2 is 1.63 bits per heavy atom. The van der Waals surface area contributed by atoms with Crippen molar-refractivity contribution in [3.05, 3.63) is 64.6 Å². The molecule has 2 aliphatic heterocycles. The van der Waals surface area contributed by atoms with Crippen LogP contribution in [0.15, 0.2) is 42.6 Å². The van der Waals surface area contributed by atoms with Gasteiger partial charge in [0, 0.05) is 56.7 Å². The maximum absolute atomic E-state index is 15.6. The van der Waals surface area contributed by atoms with E-state index in [0.29, 0.717) is 37.9 Å². The standard InChI is InChI=1S/C39H50ClFN4O6/c1-4-49-38(48)27-14-16-29(17-15-27)51-39(45-20-10-11-21-45,44-18-8-5-9-19-44)50-26(2)36(46)23-28-22-32(40)34(24-33(28)41)42-37(47)31-25-43(3)35-13-7-6-12-30(31)35/h6-7,12-13,22,24-27,29H,4-5,8-11,14-21,23H2,1-3H3,(H,42,47). The number of rotatable bonds is 13. The summed E-state index contributed by atoms with van der Waals surface area (Å²) in [4.78, 5) is 44.0. The quantitative estimate of drug-likeness (QED) is 0.148. The Morgan fingerprint density at radius 1 is 0.980 bits per heavy atom. The van der Waals surface area contributed by atoms with E-state index in [-0.39, 0.29) is 46.5 Å². The van der Waals surface area contributed by atoms with Gasteiger partial charge in [-0.2, -0.15) is 0 Å². The van der Waals surface area contributed by atoms with E-state index in [9.17, 15) is 14.4 Å². The number of piperidine rings is 1. The number of para-hydroxylation sites is 1. The molecule has 12 heteroatoms. The first kappa shape index (κ1) is 37.4. The molecule has 6 rings (SSSR count). The summed E-state index contributed by atoms with van der Waals surface area (Å²) in [5.41, 5.74) is 1.58. The van der Waals surface area contributed by atoms with Crippen LogP contribution in [-0.4, -0.2) is 83.1 Å². The first-order chi connectivity index (χ1) is 24.6. The molecule has 0 bridgehead atoms. The van der Waals surface area contributed by atoms with Crippen molar-refractivity contribution in [1.82, 2.24) is 14.4 Å². The Balaban J connectivity index is 1.17. The highest BCUT2D eigenvalue weighted by Crippen LogP contribution is 2.38. The zero-order valence-electron chi connectivity index (χ0n) is 29.9. The van der Waals surface area contributed by atoms with Crippen LogP contribution in [-0.2, 0) is 37.3 Å². The topological polar surface area (TPSA) is 102 Å². The Kier molecular flexibility index (Phi) is 12.1. The zero-order valence-corrected chi connectivity index (χ0v) is 30.7. The third kappa shape index (κ3) is 8.33. The number of benzene rings is 2. The molecule has 1 aliphatic carbocycles. The number of aromatic nitrogens is 1. The van der Waals surface area contributed by atoms with Gasteiger partial charge in [-0.3, -0.25) is 14.4 Å². The lowest BCUT2D eigenvalue weighted by Crippen LogP contribution is -2.67. The Morgan fingerprint density at radius 3 is 2.29 bits per heavy atom. The SMILES string of the molecule is CCOC(=O)C1CCC(OC(OC(C)C(=O)Cc2cc(Cl)c(NC(=O)c3cn(C)c4ccccc34)cc2F)(N2CCCCC2)N2CCCC2)CC1. The molecule has 276 valence electrons. The second-order valence-corrected chi connectivity index (χ2v) is 14.5. The van der Waals surface area contributed by atoms with E-state index in [4.69, 9.17) is 25.8 Å². The number of Topliss-reactive ketones (excluding diaryl/α,β-unsaturated/α-hetero) is 1. The largest absolute Gasteiger partial charge is 0.466 e. The minimum absolute atomic E-state index is 0.117. The average molecular weight is 725 g/mol. The van der Waals surface area contributed by atoms with Crippen LogP contribution in [0.5, 0.6) is 0 Å². The van der Waals surface area contributed by atoms with Crippen LogP contribution in [0.4, 0.5) is 10.1 Å². The van der Waals surface area contributed by atoms with Gasteiger partial charge in [-0.05, 0) is 89.0 Å². The van der Waals surface area contributed by atoms with Crippen LogP contribution in [0.3, 0.4) is 0 Å². The molecule has 3 aromatic rings. The van der Waals surface area contributed by atoms with Crippen molar-refractivity contribution < 1.29 is 33.0 Å². The number of fused-ring (bicyclic) bond motifs is 1. The molecule has 1 amide bonds. The summed E-state index contributed by atoms with van der Waals surface area (Å²) in [5.74, 6) is -1.66. The van der Waals surface area contributed by atoms with Gasteiger partial charge in [0.05, 0.1) is 34.9 Å². The molecule has 1 N–H and O–H groups in total. The minimum atomic E-state index is -1.25. The molecule has 1 saturated carbocycles. The van der Waals surface area contributed by atoms with Gasteiger partial charge < -0.3 is 24.1 Å². The number of ketones is 1. The average Bonchev–Trinajstić information content (AvgIpc) is 3.80. The van der Waals surface area contributed by atoms with Crippen molar-refractivity contribution >= 4 is 45.9 Å². The number of ether oxygens (including phenoxy) is 3. The number of esters is 1. The summed E-state index contributed by atoms with van der Waals surface area (Å²) in [7, 11) is 1.86. The van der Waals surface area contributed by atoms with E-state index in [0.717, 1.165) is 75.3 Å². The monoisotopic (exact) mass is 724 g/mol. The van der Waals surface area contributed by atoms with Gasteiger partial charge in [0.1, 0.15) is 11.9 Å². The second-order valence-electron chi connectivity index (χ2n) is 14.1. The molecule has 0 radical (unpaired) electrons. The maximum atomic E-state index is 15.6. The van der Waals surface area contributed by atoms with E-state index in [1.165, 1.54) is 6.07 Å². The number of halogens is 2. The minimum Gasteiger partial charge on any atom is -0.466 e. The molecule has 2 unspecified atom stereocenters. The normalized spacial score (nSPS) is 22.1. The first-order valence-electron chi connectivity index (χ1n) is 18.5. The number of nitrogens with one attached hydrogen (secondary N) is 1. The number of carbonyl (C=O) groups excluding carboxylic acids is 3. The molecule has 10 nitrogen and oxygen atoms in total. The van der Waals surface area contributed by atoms with Gasteiger partial charge in [-0.1, -0.05) is 36.2 Å². The lowest BCUT2D eigenvalue weighted by Gasteiger charge is -2.51. The van der Waals surface area contributed by atoms with Crippen molar-refractivity contribution in [1.29, 1.82) is 0 Å². The number of hydrogen-bond donors (Lipinski definition) is 1. The fourth-order valence-corrected chi connectivity index (χ4v) is 7.99. The fraction of sp³-hybridized carbons (Fsp3) is 0.564. The summed E-state index contributed by atoms with van der Waals surface area (Å²) < 4.78 is 36.6. The van der Waals surface area contributed by atoms with Gasteiger partial charge in [0.25, 0.3) is 11.9 Å². The third-order valence-electron chi connectivity index (χ3n) is 10.5. The molecule has 2 aromatic carbocycles. The summed E-state index contributed by atoms with van der Waals surface area (Å²) in [6, 6.07) is 8.84. The van der Waals surface area contributed by atoms with Crippen LogP contribution >= 0.6 is 11.6 Å². The summed E-state index contributed by atoms with van der Waals surface area (Å²) in [6.07, 6.45) is 8.20. The molecule has 51 heavy (non-hydrogen) atoms. The van der Waals surface area contributed by atoms with Gasteiger partial charge in [-0.25, -0.2) is 14.2 Å². The van der Waals surface area contributed by atoms with E-state index in [1.807, 2.05) is 42.8 Å². The fourth-order valence-electron chi connectivity index (χ4n) is 7.75. The maximum Gasteiger partial charge on any atom is 0.308 e. The van der Waals surface area contributed by atoms with Crippen molar-refractivity contribution in [3.8, 4) is 0 Å². The van der Waals surface area contributed by atoms with E-state index < -0.39 is 23.9 Å². The number of hydrogen-bond acceptors (Lipinski definition) is 8. The number of carbonyl (C=O) groups is 3. The highest BCUT2D eigenvalue weighted by Gasteiger charge is 2.50. The van der Waals surface area contributed by atoms with E-state index in [2.05, 4.69) is 15.1 Å². The molecule has 3 heterocycles. The van der Waals surface area contributed by atoms with E-state index >= 15 is 4.39 Å².